The first-order chi connectivity index (χ1) is 21.3. The van der Waals surface area contributed by atoms with E-state index in [9.17, 15) is 9.00 Å². The van der Waals surface area contributed by atoms with E-state index in [2.05, 4.69) is 32.8 Å². The number of hydrogen-bond donors (Lipinski definition) is 1. The summed E-state index contributed by atoms with van der Waals surface area (Å²) in [6, 6.07) is 10.2. The van der Waals surface area contributed by atoms with E-state index in [1.54, 1.807) is 18.7 Å². The minimum Gasteiger partial charge on any atom is -0.493 e. The Labute approximate surface area is 264 Å². The highest BCUT2D eigenvalue weighted by Crippen LogP contribution is 2.31. The predicted octanol–water partition coefficient (Wildman–Crippen LogP) is 6.37. The highest BCUT2D eigenvalue weighted by atomic mass is 32.2. The molecule has 44 heavy (non-hydrogen) atoms. The van der Waals surface area contributed by atoms with Gasteiger partial charge in [-0.3, -0.25) is 9.00 Å². The smallest absolute Gasteiger partial charge is 0.224 e. The summed E-state index contributed by atoms with van der Waals surface area (Å²) in [5.74, 6) is 3.66. The predicted molar refractivity (Wildman–Crippen MR) is 183 cm³/mol. The van der Waals surface area contributed by atoms with E-state index in [1.807, 2.05) is 35.8 Å². The molecule has 240 valence electrons. The summed E-state index contributed by atoms with van der Waals surface area (Å²) in [4.78, 5) is 25.0. The van der Waals surface area contributed by atoms with Crippen molar-refractivity contribution >= 4 is 37.5 Å². The Balaban J connectivity index is 1.10. The lowest BCUT2D eigenvalue weighted by atomic mass is 9.81. The van der Waals surface area contributed by atoms with Gasteiger partial charge in [0, 0.05) is 61.6 Å². The van der Waals surface area contributed by atoms with Gasteiger partial charge in [-0.2, -0.15) is 4.98 Å². The van der Waals surface area contributed by atoms with Crippen molar-refractivity contribution < 1.29 is 13.7 Å². The van der Waals surface area contributed by atoms with Gasteiger partial charge in [-0.15, -0.1) is 0 Å². The Kier molecular flexibility index (Phi) is 11.4. The molecule has 1 aliphatic carbocycles. The molecule has 5 rings (SSSR count). The molecule has 8 nitrogen and oxygen atoms in total. The summed E-state index contributed by atoms with van der Waals surface area (Å²) in [7, 11) is -1.88. The maximum absolute atomic E-state index is 13.0. The van der Waals surface area contributed by atoms with E-state index in [0.717, 1.165) is 66.9 Å². The van der Waals surface area contributed by atoms with Crippen LogP contribution in [0, 0.1) is 11.8 Å². The second kappa shape index (κ2) is 15.4. The van der Waals surface area contributed by atoms with Crippen molar-refractivity contribution in [2.75, 3.05) is 44.1 Å². The second-order valence-electron chi connectivity index (χ2n) is 13.1. The van der Waals surface area contributed by atoms with Crippen LogP contribution in [0.1, 0.15) is 77.6 Å². The van der Waals surface area contributed by atoms with E-state index >= 15 is 0 Å². The molecule has 1 saturated carbocycles. The van der Waals surface area contributed by atoms with Gasteiger partial charge in [0.05, 0.1) is 12.1 Å². The topological polar surface area (TPSA) is 89.4 Å². The number of rotatable bonds is 14. The lowest BCUT2D eigenvalue weighted by Crippen LogP contribution is -2.35. The van der Waals surface area contributed by atoms with Gasteiger partial charge in [-0.1, -0.05) is 13.0 Å². The molecule has 1 atom stereocenters. The number of ether oxygens (including phenoxy) is 1. The maximum atomic E-state index is 13.0. The number of ketones is 1. The van der Waals surface area contributed by atoms with E-state index in [0.29, 0.717) is 24.8 Å². The minimum atomic E-state index is -1.88. The van der Waals surface area contributed by atoms with Crippen molar-refractivity contribution in [2.24, 2.45) is 11.8 Å². The molecule has 1 N–H and O–H groups in total. The molecule has 0 radical (unpaired) electrons. The summed E-state index contributed by atoms with van der Waals surface area (Å²) >= 11 is 0. The number of Topliss-reactive ketones (excluding diaryl/α,β-unsaturated/α-hetero) is 1. The molecule has 0 spiro atoms. The number of piperidine rings is 1. The Morgan fingerprint density at radius 1 is 1.14 bits per heavy atom. The van der Waals surface area contributed by atoms with E-state index < -0.39 is 9.52 Å². The quantitative estimate of drug-likeness (QED) is 0.165. The largest absolute Gasteiger partial charge is 0.493 e. The van der Waals surface area contributed by atoms with Crippen molar-refractivity contribution in [1.29, 1.82) is 0 Å². The number of benzene rings is 1. The highest BCUT2D eigenvalue weighted by Gasteiger charge is 2.27. The van der Waals surface area contributed by atoms with Crippen LogP contribution in [-0.4, -0.2) is 79.6 Å². The maximum Gasteiger partial charge on any atom is 0.224 e. The number of anilines is 1. The van der Waals surface area contributed by atoms with Crippen molar-refractivity contribution in [3.05, 3.63) is 42.7 Å². The Morgan fingerprint density at radius 3 is 2.77 bits per heavy atom. The van der Waals surface area contributed by atoms with Crippen LogP contribution < -0.4 is 10.1 Å². The molecule has 2 aliphatic rings. The van der Waals surface area contributed by atoms with Crippen LogP contribution in [0.3, 0.4) is 0 Å². The van der Waals surface area contributed by atoms with Gasteiger partial charge in [0.15, 0.2) is 0 Å². The van der Waals surface area contributed by atoms with Crippen molar-refractivity contribution in [3.63, 3.8) is 0 Å². The van der Waals surface area contributed by atoms with Gasteiger partial charge in [-0.25, -0.2) is 4.98 Å². The average molecular weight is 622 g/mol. The molecule has 0 amide bonds. The number of likely N-dealkylation sites (tertiary alicyclic amines) is 1. The summed E-state index contributed by atoms with van der Waals surface area (Å²) in [5.41, 5.74) is 1.01. The average Bonchev–Trinajstić information content (AvgIpc) is 3.45. The molecule has 3 aromatic rings. The third-order valence-electron chi connectivity index (χ3n) is 9.17. The van der Waals surface area contributed by atoms with Crippen molar-refractivity contribution in [2.45, 2.75) is 83.6 Å². The van der Waals surface area contributed by atoms with E-state index in [4.69, 9.17) is 9.72 Å². The molecular formula is C35H51N5O3S. The fourth-order valence-corrected chi connectivity index (χ4v) is 7.60. The first-order valence-electron chi connectivity index (χ1n) is 16.6. The number of nitrogens with zero attached hydrogens (tertiary/aromatic N) is 4. The van der Waals surface area contributed by atoms with Crippen LogP contribution in [0.5, 0.6) is 5.75 Å². The van der Waals surface area contributed by atoms with Crippen LogP contribution in [0.4, 0.5) is 5.95 Å². The van der Waals surface area contributed by atoms with Crippen LogP contribution in [0.2, 0.25) is 0 Å². The van der Waals surface area contributed by atoms with Crippen LogP contribution in [0.25, 0.3) is 16.7 Å². The van der Waals surface area contributed by atoms with Gasteiger partial charge in [0.2, 0.25) is 5.95 Å². The van der Waals surface area contributed by atoms with Gasteiger partial charge in [0.25, 0.3) is 0 Å². The third kappa shape index (κ3) is 9.07. The standard InChI is InChI=1S/C35H51N5O3S/c1-4-21-39-22-7-10-27(26-39)9-5-12-32(41)28-14-16-29(17-15-28)37-35-36-20-18-34(38-35)40-23-19-30-31(40)11-6-13-33(30)43-24-8-25-44(2,3)42/h6,11,13,18-20,23,25,27-29H,4-5,7-10,12,14-17,21-22,24,26H2,1-3H3,(H,36,37,38). The molecular weight excluding hydrogens is 570 g/mol. The number of aromatic nitrogens is 3. The van der Waals surface area contributed by atoms with Crippen LogP contribution in [0.15, 0.2) is 42.7 Å². The zero-order valence-corrected chi connectivity index (χ0v) is 27.7. The molecule has 2 fully saturated rings. The molecule has 2 aromatic heterocycles. The van der Waals surface area contributed by atoms with Gasteiger partial charge < -0.3 is 19.5 Å². The monoisotopic (exact) mass is 621 g/mol. The summed E-state index contributed by atoms with van der Waals surface area (Å²) in [5, 5.41) is 6.39. The van der Waals surface area contributed by atoms with Crippen LogP contribution in [-0.2, 0) is 14.3 Å². The third-order valence-corrected chi connectivity index (χ3v) is 10.2. The number of nitrogens with one attached hydrogen (secondary N) is 1. The van der Waals surface area contributed by atoms with Gasteiger partial charge >= 0.3 is 0 Å². The molecule has 1 saturated heterocycles. The van der Waals surface area contributed by atoms with Crippen LogP contribution >= 0.6 is 0 Å². The molecule has 0 bridgehead atoms. The summed E-state index contributed by atoms with van der Waals surface area (Å²) < 4.78 is 20.0. The Morgan fingerprint density at radius 2 is 1.98 bits per heavy atom. The lowest BCUT2D eigenvalue weighted by Gasteiger charge is -2.32. The molecule has 1 unspecified atom stereocenters. The zero-order chi connectivity index (χ0) is 30.9. The number of carbonyl (C=O) groups is 1. The molecule has 3 heterocycles. The summed E-state index contributed by atoms with van der Waals surface area (Å²) in [6.45, 7) is 6.43. The van der Waals surface area contributed by atoms with E-state index in [1.165, 1.54) is 45.3 Å². The molecule has 1 aromatic carbocycles. The minimum absolute atomic E-state index is 0.205. The Bertz CT molecular complexity index is 1490. The highest BCUT2D eigenvalue weighted by molar-refractivity contribution is 8.00. The molecule has 9 heteroatoms. The normalized spacial score (nSPS) is 21.3. The number of hydrogen-bond acceptors (Lipinski definition) is 7. The number of carbonyl (C=O) groups excluding carboxylic acids is 1. The van der Waals surface area contributed by atoms with E-state index in [-0.39, 0.29) is 12.0 Å². The Hall–Kier alpha value is -2.91. The van der Waals surface area contributed by atoms with Gasteiger partial charge in [-0.05, 0) is 116 Å². The SMILES string of the molecule is CCCN1CCCC(CCCC(=O)C2CCC(Nc3nccc(-n4ccc5c(OCCC=S(C)(C)=O)cccc54)n3)CC2)C1. The van der Waals surface area contributed by atoms with Gasteiger partial charge in [0.1, 0.15) is 17.4 Å². The van der Waals surface area contributed by atoms with Crippen molar-refractivity contribution in [3.8, 4) is 11.6 Å². The first-order valence-corrected chi connectivity index (χ1v) is 19.1. The van der Waals surface area contributed by atoms with Crippen molar-refractivity contribution in [1.82, 2.24) is 19.4 Å². The first kappa shape index (κ1) is 32.5. The fraction of sp³-hybridized carbons (Fsp3) is 0.600. The second-order valence-corrected chi connectivity index (χ2v) is 16.0. The fourth-order valence-electron chi connectivity index (χ4n) is 6.94. The zero-order valence-electron chi connectivity index (χ0n) is 26.9. The lowest BCUT2D eigenvalue weighted by molar-refractivity contribution is -0.124. The number of fused-ring (bicyclic) bond motifs is 1. The summed E-state index contributed by atoms with van der Waals surface area (Å²) in [6.07, 6.45) is 18.6. The molecule has 1 aliphatic heterocycles.